The van der Waals surface area contributed by atoms with Crippen molar-refractivity contribution in [2.75, 3.05) is 0 Å². The second-order valence-corrected chi connectivity index (χ2v) is 5.29. The van der Waals surface area contributed by atoms with Gasteiger partial charge in [-0.25, -0.2) is 14.6 Å². The summed E-state index contributed by atoms with van der Waals surface area (Å²) in [5.41, 5.74) is 2.84. The van der Waals surface area contributed by atoms with E-state index in [0.717, 1.165) is 22.6 Å². The summed E-state index contributed by atoms with van der Waals surface area (Å²) in [7, 11) is 0. The van der Waals surface area contributed by atoms with Gasteiger partial charge in [0, 0.05) is 16.5 Å². The van der Waals surface area contributed by atoms with Crippen LogP contribution in [0.4, 0.5) is 8.78 Å². The van der Waals surface area contributed by atoms with Crippen LogP contribution in [0.2, 0.25) is 0 Å². The van der Waals surface area contributed by atoms with Crippen molar-refractivity contribution >= 4 is 17.2 Å². The number of ether oxygens (including phenoxy) is 1. The van der Waals surface area contributed by atoms with E-state index in [9.17, 15) is 13.6 Å². The maximum atomic E-state index is 13.0. The molecule has 0 saturated carbocycles. The summed E-state index contributed by atoms with van der Waals surface area (Å²) < 4.78 is 31.2. The molecule has 1 aromatic heterocycles. The number of halogens is 2. The molecule has 0 spiro atoms. The van der Waals surface area contributed by atoms with Crippen LogP contribution in [0.15, 0.2) is 24.3 Å². The van der Waals surface area contributed by atoms with Crippen molar-refractivity contribution in [3.8, 4) is 5.75 Å². The predicted octanol–water partition coefficient (Wildman–Crippen LogP) is 2.52. The minimum atomic E-state index is -0.965. The third-order valence-electron chi connectivity index (χ3n) is 2.66. The van der Waals surface area contributed by atoms with Crippen LogP contribution in [0, 0.1) is 18.6 Å². The van der Waals surface area contributed by atoms with Crippen molar-refractivity contribution in [1.29, 1.82) is 0 Å². The Morgan fingerprint density at radius 1 is 1.35 bits per heavy atom. The number of thiophene rings is 1. The Labute approximate surface area is 118 Å². The van der Waals surface area contributed by atoms with Crippen LogP contribution < -0.4 is 16.0 Å². The molecule has 106 valence electrons. The summed E-state index contributed by atoms with van der Waals surface area (Å²) in [5.74, 6) is 3.01. The molecule has 0 radical (unpaired) electrons. The highest BCUT2D eigenvalue weighted by Crippen LogP contribution is 2.23. The Balaban J connectivity index is 2.08. The number of nitrogen functional groups attached to an aromatic ring is 1. The van der Waals surface area contributed by atoms with Gasteiger partial charge in [0.1, 0.15) is 12.4 Å². The van der Waals surface area contributed by atoms with Crippen molar-refractivity contribution in [3.05, 3.63) is 51.2 Å². The number of nitrogens with two attached hydrogens (primary N) is 1. The fourth-order valence-corrected chi connectivity index (χ4v) is 2.51. The van der Waals surface area contributed by atoms with E-state index in [-0.39, 0.29) is 18.3 Å². The molecule has 0 bridgehead atoms. The Morgan fingerprint density at radius 2 is 2.10 bits per heavy atom. The molecular formula is C13H12F2N2O2S. The Morgan fingerprint density at radius 3 is 2.75 bits per heavy atom. The number of carbonyl (C=O) groups excluding carboxylic acids is 1. The van der Waals surface area contributed by atoms with Crippen LogP contribution in [-0.2, 0) is 6.61 Å². The van der Waals surface area contributed by atoms with Crippen molar-refractivity contribution < 1.29 is 18.3 Å². The Hall–Kier alpha value is -1.99. The third kappa shape index (κ3) is 3.12. The predicted molar refractivity (Wildman–Crippen MR) is 71.4 cm³/mol. The molecular weight excluding hydrogens is 286 g/mol. The lowest BCUT2D eigenvalue weighted by Crippen LogP contribution is -2.29. The first-order valence-electron chi connectivity index (χ1n) is 5.69. The van der Waals surface area contributed by atoms with E-state index in [1.165, 1.54) is 17.4 Å². The molecule has 0 atom stereocenters. The first-order valence-corrected chi connectivity index (χ1v) is 6.51. The van der Waals surface area contributed by atoms with Crippen LogP contribution in [0.25, 0.3) is 0 Å². The van der Waals surface area contributed by atoms with Crippen molar-refractivity contribution in [2.45, 2.75) is 13.5 Å². The summed E-state index contributed by atoms with van der Waals surface area (Å²) in [5, 5.41) is 0. The lowest BCUT2D eigenvalue weighted by molar-refractivity contribution is 0.0957. The maximum Gasteiger partial charge on any atom is 0.275 e. The zero-order valence-electron chi connectivity index (χ0n) is 10.6. The molecule has 4 nitrogen and oxygen atoms in total. The monoisotopic (exact) mass is 298 g/mol. The molecule has 1 amide bonds. The summed E-state index contributed by atoms with van der Waals surface area (Å²) in [6.45, 7) is 1.99. The lowest BCUT2D eigenvalue weighted by Gasteiger charge is -2.06. The van der Waals surface area contributed by atoms with Crippen molar-refractivity contribution in [3.63, 3.8) is 0 Å². The van der Waals surface area contributed by atoms with Gasteiger partial charge in [-0.1, -0.05) is 0 Å². The Bertz CT molecular complexity index is 643. The van der Waals surface area contributed by atoms with E-state index in [4.69, 9.17) is 10.6 Å². The second kappa shape index (κ2) is 5.98. The van der Waals surface area contributed by atoms with Crippen LogP contribution in [0.1, 0.15) is 20.1 Å². The van der Waals surface area contributed by atoms with Crippen LogP contribution in [0.3, 0.4) is 0 Å². The van der Waals surface area contributed by atoms with E-state index in [1.807, 2.05) is 12.3 Å². The number of nitrogens with one attached hydrogen (secondary N) is 1. The highest BCUT2D eigenvalue weighted by molar-refractivity contribution is 7.14. The molecule has 1 heterocycles. The number of hydrogen-bond donors (Lipinski definition) is 2. The summed E-state index contributed by atoms with van der Waals surface area (Å²) in [6, 6.07) is 4.97. The average molecular weight is 298 g/mol. The molecule has 2 rings (SSSR count). The fraction of sp³-hybridized carbons (Fsp3) is 0.154. The van der Waals surface area contributed by atoms with Crippen LogP contribution in [-0.4, -0.2) is 5.91 Å². The number of rotatable bonds is 4. The van der Waals surface area contributed by atoms with Gasteiger partial charge in [-0.3, -0.25) is 10.2 Å². The van der Waals surface area contributed by atoms with E-state index in [0.29, 0.717) is 4.88 Å². The molecule has 2 aromatic rings. The summed E-state index contributed by atoms with van der Waals surface area (Å²) in [6.07, 6.45) is 0. The smallest absolute Gasteiger partial charge is 0.275 e. The summed E-state index contributed by atoms with van der Waals surface area (Å²) >= 11 is 1.28. The zero-order chi connectivity index (χ0) is 14.7. The van der Waals surface area contributed by atoms with Gasteiger partial charge < -0.3 is 4.74 Å². The molecule has 1 aromatic carbocycles. The van der Waals surface area contributed by atoms with Gasteiger partial charge in [0.15, 0.2) is 11.6 Å². The minimum Gasteiger partial charge on any atom is -0.489 e. The van der Waals surface area contributed by atoms with E-state index >= 15 is 0 Å². The minimum absolute atomic E-state index is 0.158. The van der Waals surface area contributed by atoms with Gasteiger partial charge in [0.25, 0.3) is 5.91 Å². The highest BCUT2D eigenvalue weighted by Gasteiger charge is 2.12. The van der Waals surface area contributed by atoms with Gasteiger partial charge in [0.2, 0.25) is 0 Å². The van der Waals surface area contributed by atoms with Crippen LogP contribution in [0.5, 0.6) is 5.75 Å². The van der Waals surface area contributed by atoms with E-state index < -0.39 is 11.6 Å². The van der Waals surface area contributed by atoms with Crippen molar-refractivity contribution in [2.24, 2.45) is 5.84 Å². The quantitative estimate of drug-likeness (QED) is 0.518. The number of hydrazine groups is 1. The molecule has 0 fully saturated rings. The number of amides is 1. The first kappa shape index (κ1) is 14.4. The molecule has 20 heavy (non-hydrogen) atoms. The normalized spacial score (nSPS) is 10.4. The molecule has 0 aliphatic rings. The van der Waals surface area contributed by atoms with E-state index in [1.54, 1.807) is 6.07 Å². The molecule has 0 unspecified atom stereocenters. The number of aryl methyl sites for hydroxylation is 1. The maximum absolute atomic E-state index is 13.0. The topological polar surface area (TPSA) is 64.4 Å². The number of benzene rings is 1. The van der Waals surface area contributed by atoms with Crippen molar-refractivity contribution in [1.82, 2.24) is 5.43 Å². The van der Waals surface area contributed by atoms with Gasteiger partial charge in [-0.05, 0) is 25.1 Å². The third-order valence-corrected chi connectivity index (χ3v) is 3.75. The Kier molecular flexibility index (Phi) is 4.31. The number of hydrogen-bond acceptors (Lipinski definition) is 4. The second-order valence-electron chi connectivity index (χ2n) is 4.03. The molecule has 0 aliphatic heterocycles. The zero-order valence-corrected chi connectivity index (χ0v) is 11.4. The molecule has 0 saturated heterocycles. The van der Waals surface area contributed by atoms with Crippen LogP contribution >= 0.6 is 11.3 Å². The molecule has 0 aliphatic carbocycles. The van der Waals surface area contributed by atoms with E-state index in [2.05, 4.69) is 0 Å². The number of carbonyl (C=O) groups is 1. The SMILES string of the molecule is Cc1sc(C(=O)NN)cc1COc1ccc(F)c(F)c1. The average Bonchev–Trinajstić information content (AvgIpc) is 2.80. The standard InChI is InChI=1S/C13H12F2N2O2S/c1-7-8(4-12(20-7)13(18)17-16)6-19-9-2-3-10(14)11(15)5-9/h2-5H,6,16H2,1H3,(H,17,18). The first-order chi connectivity index (χ1) is 9.51. The van der Waals surface area contributed by atoms with Gasteiger partial charge >= 0.3 is 0 Å². The molecule has 7 heteroatoms. The largest absolute Gasteiger partial charge is 0.489 e. The van der Waals surface area contributed by atoms with Gasteiger partial charge in [-0.15, -0.1) is 11.3 Å². The molecule has 3 N–H and O–H groups in total. The fourth-order valence-electron chi connectivity index (χ4n) is 1.57. The summed E-state index contributed by atoms with van der Waals surface area (Å²) in [4.78, 5) is 12.7. The lowest BCUT2D eigenvalue weighted by atomic mass is 10.2. The van der Waals surface area contributed by atoms with Gasteiger partial charge in [0.05, 0.1) is 4.88 Å². The highest BCUT2D eigenvalue weighted by atomic mass is 32.1. The van der Waals surface area contributed by atoms with Gasteiger partial charge in [-0.2, -0.15) is 0 Å².